The van der Waals surface area contributed by atoms with Gasteiger partial charge in [-0.25, -0.2) is 9.36 Å². The van der Waals surface area contributed by atoms with Crippen molar-refractivity contribution in [1.29, 1.82) is 0 Å². The van der Waals surface area contributed by atoms with Crippen molar-refractivity contribution in [3.8, 4) is 11.4 Å². The van der Waals surface area contributed by atoms with Crippen molar-refractivity contribution >= 4 is 40.5 Å². The molecule has 4 aromatic rings. The zero-order chi connectivity index (χ0) is 23.0. The Morgan fingerprint density at radius 3 is 2.28 bits per heavy atom. The number of aromatic nitrogens is 4. The number of nitrogens with zero attached hydrogens (tertiary/aromatic N) is 4. The molecule has 1 amide bonds. The Hall–Kier alpha value is -3.29. The van der Waals surface area contributed by atoms with Crippen LogP contribution < -0.4 is 11.1 Å². The van der Waals surface area contributed by atoms with Crippen molar-refractivity contribution in [3.63, 3.8) is 0 Å². The number of amides is 1. The number of carbonyl (C=O) groups excluding carboxylic acids is 1. The minimum absolute atomic E-state index is 0.0798. The molecule has 0 unspecified atom stereocenters. The van der Waals surface area contributed by atoms with Crippen LogP contribution in [0.15, 0.2) is 48.7 Å². The molecule has 7 nitrogen and oxygen atoms in total. The summed E-state index contributed by atoms with van der Waals surface area (Å²) in [4.78, 5) is 12.0. The van der Waals surface area contributed by atoms with Crippen LogP contribution in [0.5, 0.6) is 0 Å². The smallest absolute Gasteiger partial charge is 0.271 e. The maximum Gasteiger partial charge on any atom is 0.271 e. The quantitative estimate of drug-likeness (QED) is 0.396. The molecule has 164 valence electrons. The summed E-state index contributed by atoms with van der Waals surface area (Å²) in [6.07, 6.45) is 2.57. The second-order valence-corrected chi connectivity index (χ2v) is 8.17. The van der Waals surface area contributed by atoms with E-state index in [-0.39, 0.29) is 5.69 Å². The van der Waals surface area contributed by atoms with Gasteiger partial charge in [0.15, 0.2) is 5.69 Å². The summed E-state index contributed by atoms with van der Waals surface area (Å²) in [5, 5.41) is 13.0. The van der Waals surface area contributed by atoms with Crippen molar-refractivity contribution in [2.24, 2.45) is 5.73 Å². The number of rotatable bonds is 6. The van der Waals surface area contributed by atoms with Gasteiger partial charge in [-0.15, -0.1) is 0 Å². The fourth-order valence-electron chi connectivity index (χ4n) is 3.75. The number of nitrogens with two attached hydrogens (primary N) is 1. The molecule has 2 aromatic carbocycles. The van der Waals surface area contributed by atoms with Gasteiger partial charge in [-0.05, 0) is 62.2 Å². The molecule has 0 radical (unpaired) electrons. The highest BCUT2D eigenvalue weighted by Crippen LogP contribution is 2.30. The van der Waals surface area contributed by atoms with Crippen molar-refractivity contribution in [2.45, 2.75) is 27.2 Å². The van der Waals surface area contributed by atoms with E-state index in [1.54, 1.807) is 24.4 Å². The Kier molecular flexibility index (Phi) is 5.95. The fourth-order valence-corrected chi connectivity index (χ4v) is 4.32. The summed E-state index contributed by atoms with van der Waals surface area (Å²) in [5.74, 6) is -0.666. The second-order valence-electron chi connectivity index (χ2n) is 7.36. The van der Waals surface area contributed by atoms with Gasteiger partial charge in [-0.2, -0.15) is 10.2 Å². The van der Waals surface area contributed by atoms with E-state index in [4.69, 9.17) is 28.9 Å². The number of anilines is 2. The lowest BCUT2D eigenvalue weighted by Crippen LogP contribution is -2.14. The van der Waals surface area contributed by atoms with Crippen LogP contribution in [0.3, 0.4) is 0 Å². The number of benzene rings is 2. The summed E-state index contributed by atoms with van der Waals surface area (Å²) in [5.41, 5.74) is 11.7. The molecule has 0 fully saturated rings. The van der Waals surface area contributed by atoms with Gasteiger partial charge in [0.2, 0.25) is 0 Å². The zero-order valence-corrected chi connectivity index (χ0v) is 19.4. The van der Waals surface area contributed by atoms with E-state index in [0.717, 1.165) is 29.2 Å². The molecule has 0 spiro atoms. The molecular formula is C23H22Cl2N6O. The number of para-hydroxylation sites is 1. The number of halogens is 2. The van der Waals surface area contributed by atoms with Gasteiger partial charge in [0, 0.05) is 11.4 Å². The third-order valence-corrected chi connectivity index (χ3v) is 5.91. The Morgan fingerprint density at radius 1 is 1.06 bits per heavy atom. The van der Waals surface area contributed by atoms with Gasteiger partial charge >= 0.3 is 0 Å². The van der Waals surface area contributed by atoms with E-state index < -0.39 is 5.91 Å². The lowest BCUT2D eigenvalue weighted by Gasteiger charge is -2.08. The molecule has 2 aromatic heterocycles. The van der Waals surface area contributed by atoms with Crippen LogP contribution >= 0.6 is 23.2 Å². The summed E-state index contributed by atoms with van der Waals surface area (Å²) < 4.78 is 3.38. The van der Waals surface area contributed by atoms with Gasteiger partial charge in [0.25, 0.3) is 5.91 Å². The second kappa shape index (κ2) is 8.68. The third kappa shape index (κ3) is 3.97. The predicted molar refractivity (Wildman–Crippen MR) is 128 cm³/mol. The first-order valence-electron chi connectivity index (χ1n) is 10.1. The SMILES string of the molecule is CCc1c(C)nn(-c2ccc(Nc3cn(-c4c(Cl)cccc4Cl)nc3C(N)=O)cc2)c1C. The zero-order valence-electron chi connectivity index (χ0n) is 17.9. The Balaban J connectivity index is 1.66. The largest absolute Gasteiger partial charge is 0.364 e. The highest BCUT2D eigenvalue weighted by molar-refractivity contribution is 6.37. The molecule has 0 saturated heterocycles. The summed E-state index contributed by atoms with van der Waals surface area (Å²) in [7, 11) is 0. The van der Waals surface area contributed by atoms with Crippen LogP contribution in [-0.4, -0.2) is 25.5 Å². The monoisotopic (exact) mass is 468 g/mol. The van der Waals surface area contributed by atoms with Crippen LogP contribution in [0.1, 0.15) is 34.4 Å². The Labute approximate surface area is 195 Å². The molecule has 3 N–H and O–H groups in total. The van der Waals surface area contributed by atoms with Crippen molar-refractivity contribution in [1.82, 2.24) is 19.6 Å². The predicted octanol–water partition coefficient (Wildman–Crippen LogP) is 5.39. The fraction of sp³-hybridized carbons (Fsp3) is 0.174. The van der Waals surface area contributed by atoms with Gasteiger partial charge < -0.3 is 11.1 Å². The van der Waals surface area contributed by atoms with E-state index in [0.29, 0.717) is 21.4 Å². The maximum atomic E-state index is 12.0. The molecule has 4 rings (SSSR count). The molecule has 0 bridgehead atoms. The average molecular weight is 469 g/mol. The van der Waals surface area contributed by atoms with Crippen molar-refractivity contribution in [2.75, 3.05) is 5.32 Å². The summed E-state index contributed by atoms with van der Waals surface area (Å²) in [6.45, 7) is 6.21. The molecule has 0 aliphatic carbocycles. The van der Waals surface area contributed by atoms with Crippen molar-refractivity contribution < 1.29 is 4.79 Å². The molecule has 2 heterocycles. The number of hydrogen-bond acceptors (Lipinski definition) is 4. The first-order chi connectivity index (χ1) is 15.3. The Bertz CT molecular complexity index is 1290. The van der Waals surface area contributed by atoms with Crippen LogP contribution in [0.2, 0.25) is 10.0 Å². The number of nitrogens with one attached hydrogen (secondary N) is 1. The van der Waals surface area contributed by atoms with Crippen molar-refractivity contribution in [3.05, 3.63) is 81.4 Å². The molecule has 0 aliphatic heterocycles. The summed E-state index contributed by atoms with van der Waals surface area (Å²) >= 11 is 12.6. The normalized spacial score (nSPS) is 11.0. The third-order valence-electron chi connectivity index (χ3n) is 5.30. The van der Waals surface area contributed by atoms with Gasteiger partial charge in [-0.1, -0.05) is 36.2 Å². The number of primary amides is 1. The topological polar surface area (TPSA) is 90.8 Å². The maximum absolute atomic E-state index is 12.0. The number of carbonyl (C=O) groups is 1. The number of hydrogen-bond donors (Lipinski definition) is 2. The first-order valence-corrected chi connectivity index (χ1v) is 10.8. The average Bonchev–Trinajstić information content (AvgIpc) is 3.29. The Morgan fingerprint density at radius 2 is 1.72 bits per heavy atom. The lowest BCUT2D eigenvalue weighted by molar-refractivity contribution is 0.0996. The highest BCUT2D eigenvalue weighted by atomic mass is 35.5. The van der Waals surface area contributed by atoms with Crippen LogP contribution in [-0.2, 0) is 6.42 Å². The van der Waals surface area contributed by atoms with Crippen LogP contribution in [0.25, 0.3) is 11.4 Å². The van der Waals surface area contributed by atoms with E-state index >= 15 is 0 Å². The van der Waals surface area contributed by atoms with E-state index in [2.05, 4.69) is 29.4 Å². The molecule has 9 heteroatoms. The van der Waals surface area contributed by atoms with E-state index in [9.17, 15) is 4.79 Å². The summed E-state index contributed by atoms with van der Waals surface area (Å²) in [6, 6.07) is 12.9. The molecule has 32 heavy (non-hydrogen) atoms. The number of aryl methyl sites for hydroxylation is 1. The lowest BCUT2D eigenvalue weighted by atomic mass is 10.1. The van der Waals surface area contributed by atoms with Crippen LogP contribution in [0.4, 0.5) is 11.4 Å². The van der Waals surface area contributed by atoms with Gasteiger partial charge in [0.05, 0.1) is 33.3 Å². The minimum Gasteiger partial charge on any atom is -0.364 e. The van der Waals surface area contributed by atoms with Gasteiger partial charge in [-0.3, -0.25) is 4.79 Å². The molecule has 0 saturated carbocycles. The van der Waals surface area contributed by atoms with E-state index in [1.807, 2.05) is 35.9 Å². The molecule has 0 atom stereocenters. The first kappa shape index (κ1) is 21.9. The van der Waals surface area contributed by atoms with Crippen LogP contribution in [0, 0.1) is 13.8 Å². The molecule has 0 aliphatic rings. The van der Waals surface area contributed by atoms with E-state index in [1.165, 1.54) is 10.2 Å². The standard InChI is InChI=1S/C23H22Cl2N6O/c1-4-17-13(2)28-31(14(17)3)16-10-8-15(9-11-16)27-20-12-30(29-21(20)23(26)32)22-18(24)6-5-7-19(22)25/h5-12,27H,4H2,1-3H3,(H2,26,32). The highest BCUT2D eigenvalue weighted by Gasteiger charge is 2.18. The molecular weight excluding hydrogens is 447 g/mol. The van der Waals surface area contributed by atoms with Gasteiger partial charge in [0.1, 0.15) is 5.69 Å². The minimum atomic E-state index is -0.666.